The topological polar surface area (TPSA) is 70.7 Å². The van der Waals surface area contributed by atoms with Gasteiger partial charge in [0.1, 0.15) is 5.82 Å². The minimum atomic E-state index is 0.410. The van der Waals surface area contributed by atoms with E-state index in [4.69, 9.17) is 16.3 Å². The maximum absolute atomic E-state index is 6.36. The number of methoxy groups -OCH3 is 1. The first kappa shape index (κ1) is 28.0. The number of ether oxygens (including phenoxy) is 1. The fraction of sp³-hybridized carbons (Fsp3) is 0.290. The van der Waals surface area contributed by atoms with Crippen molar-refractivity contribution in [3.05, 3.63) is 101 Å². The van der Waals surface area contributed by atoms with Crippen LogP contribution in [0.3, 0.4) is 0 Å². The molecule has 2 aromatic heterocycles. The molecular formula is C31H35ClN6O. The van der Waals surface area contributed by atoms with E-state index < -0.39 is 0 Å². The molecule has 0 spiro atoms. The summed E-state index contributed by atoms with van der Waals surface area (Å²) in [5.74, 6) is 2.29. The minimum Gasteiger partial charge on any atom is -0.480 e. The van der Waals surface area contributed by atoms with Gasteiger partial charge in [-0.2, -0.15) is 0 Å². The molecule has 0 aliphatic heterocycles. The number of rotatable bonds is 10. The van der Waals surface area contributed by atoms with Crippen LogP contribution in [0.15, 0.2) is 78.9 Å². The van der Waals surface area contributed by atoms with Crippen molar-refractivity contribution in [2.75, 3.05) is 7.11 Å². The molecule has 0 radical (unpaired) electrons. The second-order valence-electron chi connectivity index (χ2n) is 8.91. The van der Waals surface area contributed by atoms with Crippen molar-refractivity contribution in [3.63, 3.8) is 0 Å². The van der Waals surface area contributed by atoms with E-state index in [1.54, 1.807) is 7.11 Å². The van der Waals surface area contributed by atoms with Gasteiger partial charge >= 0.3 is 0 Å². The Labute approximate surface area is 235 Å². The van der Waals surface area contributed by atoms with Gasteiger partial charge in [0, 0.05) is 12.0 Å². The van der Waals surface area contributed by atoms with E-state index in [1.165, 1.54) is 0 Å². The van der Waals surface area contributed by atoms with E-state index in [9.17, 15) is 0 Å². The number of aromatic nitrogens is 6. The Balaban J connectivity index is 0.00000172. The second-order valence-corrected chi connectivity index (χ2v) is 9.26. The van der Waals surface area contributed by atoms with Gasteiger partial charge in [-0.05, 0) is 39.1 Å². The molecule has 0 bridgehead atoms. The lowest BCUT2D eigenvalue weighted by molar-refractivity contribution is 0.374. The van der Waals surface area contributed by atoms with Crippen molar-refractivity contribution >= 4 is 11.6 Å². The molecule has 202 valence electrons. The Morgan fingerprint density at radius 2 is 1.49 bits per heavy atom. The summed E-state index contributed by atoms with van der Waals surface area (Å²) in [6.07, 6.45) is 3.01. The molecule has 0 atom stereocenters. The minimum absolute atomic E-state index is 0.410. The Hall–Kier alpha value is -3.97. The number of imidazole rings is 1. The first-order valence-electron chi connectivity index (χ1n) is 13.5. The molecule has 0 N–H and O–H groups in total. The Morgan fingerprint density at radius 1 is 0.821 bits per heavy atom. The van der Waals surface area contributed by atoms with Crippen LogP contribution in [0.25, 0.3) is 22.5 Å². The van der Waals surface area contributed by atoms with E-state index in [0.29, 0.717) is 24.1 Å². The summed E-state index contributed by atoms with van der Waals surface area (Å²) in [7, 11) is 1.63. The molecule has 0 saturated heterocycles. The molecule has 5 rings (SSSR count). The van der Waals surface area contributed by atoms with Crippen LogP contribution in [-0.2, 0) is 19.5 Å². The first-order valence-corrected chi connectivity index (χ1v) is 13.8. The molecule has 0 aliphatic rings. The van der Waals surface area contributed by atoms with Gasteiger partial charge in [-0.15, -0.1) is 5.10 Å². The lowest BCUT2D eigenvalue weighted by atomic mass is 9.98. The Morgan fingerprint density at radius 3 is 2.18 bits per heavy atom. The molecule has 0 fully saturated rings. The van der Waals surface area contributed by atoms with Crippen LogP contribution in [0.5, 0.6) is 5.88 Å². The molecule has 5 aromatic rings. The maximum atomic E-state index is 6.36. The van der Waals surface area contributed by atoms with Crippen LogP contribution in [0.2, 0.25) is 5.15 Å². The molecule has 3 aromatic carbocycles. The van der Waals surface area contributed by atoms with Gasteiger partial charge < -0.3 is 4.74 Å². The van der Waals surface area contributed by atoms with Gasteiger partial charge in [-0.25, -0.2) is 9.67 Å². The Kier molecular flexibility index (Phi) is 9.86. The summed E-state index contributed by atoms with van der Waals surface area (Å²) in [6.45, 7) is 7.41. The van der Waals surface area contributed by atoms with E-state index >= 15 is 0 Å². The molecule has 8 heteroatoms. The fourth-order valence-corrected chi connectivity index (χ4v) is 4.77. The van der Waals surface area contributed by atoms with Crippen LogP contribution < -0.4 is 4.74 Å². The van der Waals surface area contributed by atoms with Crippen molar-refractivity contribution in [2.45, 2.75) is 53.1 Å². The SMILES string of the molecule is CC.CCCCc1nc(Cl)c(OC)n1Cc1ccc(-c2ccccc2-c2nnnn2Cc2ccccc2)cc1. The zero-order valence-corrected chi connectivity index (χ0v) is 23.8. The fourth-order valence-electron chi connectivity index (χ4n) is 4.50. The van der Waals surface area contributed by atoms with Gasteiger partial charge in [0.15, 0.2) is 11.0 Å². The highest BCUT2D eigenvalue weighted by Gasteiger charge is 2.18. The summed E-state index contributed by atoms with van der Waals surface area (Å²) >= 11 is 6.36. The van der Waals surface area contributed by atoms with Crippen LogP contribution in [0.4, 0.5) is 0 Å². The molecule has 0 saturated carbocycles. The van der Waals surface area contributed by atoms with Gasteiger partial charge in [0.25, 0.3) is 0 Å². The zero-order valence-electron chi connectivity index (χ0n) is 23.0. The number of nitrogens with zero attached hydrogens (tertiary/aromatic N) is 6. The van der Waals surface area contributed by atoms with E-state index in [2.05, 4.69) is 80.5 Å². The number of tetrazole rings is 1. The summed E-state index contributed by atoms with van der Waals surface area (Å²) < 4.78 is 9.47. The molecular weight excluding hydrogens is 508 g/mol. The highest BCUT2D eigenvalue weighted by molar-refractivity contribution is 6.30. The van der Waals surface area contributed by atoms with Gasteiger partial charge in [0.2, 0.25) is 5.88 Å². The molecule has 39 heavy (non-hydrogen) atoms. The summed E-state index contributed by atoms with van der Waals surface area (Å²) in [5.41, 5.74) is 5.44. The van der Waals surface area contributed by atoms with Gasteiger partial charge in [0.05, 0.1) is 20.2 Å². The molecule has 0 aliphatic carbocycles. The number of hydrogen-bond donors (Lipinski definition) is 0. The molecule has 0 amide bonds. The van der Waals surface area contributed by atoms with Crippen LogP contribution in [0.1, 0.15) is 50.6 Å². The standard InChI is InChI=1S/C29H29ClN6O.C2H6/c1-3-4-14-26-31-27(30)29(37-2)35(26)19-22-15-17-23(18-16-22)24-12-8-9-13-25(24)28-32-33-34-36(28)20-21-10-6-5-7-11-21;1-2/h5-13,15-18H,3-4,14,19-20H2,1-2H3;1-2H3. The first-order chi connectivity index (χ1) is 19.2. The van der Waals surface area contributed by atoms with E-state index in [-0.39, 0.29) is 0 Å². The number of unbranched alkanes of at least 4 members (excludes halogenated alkanes) is 1. The van der Waals surface area contributed by atoms with Crippen molar-refractivity contribution in [1.29, 1.82) is 0 Å². The van der Waals surface area contributed by atoms with E-state index in [1.807, 2.05) is 48.9 Å². The third-order valence-electron chi connectivity index (χ3n) is 6.39. The molecule has 7 nitrogen and oxygen atoms in total. The predicted octanol–water partition coefficient (Wildman–Crippen LogP) is 7.33. The molecule has 0 unspecified atom stereocenters. The second kappa shape index (κ2) is 13.7. The third kappa shape index (κ3) is 6.55. The quantitative estimate of drug-likeness (QED) is 0.185. The third-order valence-corrected chi connectivity index (χ3v) is 6.63. The monoisotopic (exact) mass is 542 g/mol. The predicted molar refractivity (Wildman–Crippen MR) is 157 cm³/mol. The number of hydrogen-bond acceptors (Lipinski definition) is 5. The van der Waals surface area contributed by atoms with Crippen LogP contribution in [0, 0.1) is 0 Å². The van der Waals surface area contributed by atoms with E-state index in [0.717, 1.165) is 58.7 Å². The van der Waals surface area contributed by atoms with Crippen molar-refractivity contribution < 1.29 is 4.74 Å². The lowest BCUT2D eigenvalue weighted by Crippen LogP contribution is -2.07. The highest BCUT2D eigenvalue weighted by atomic mass is 35.5. The average molecular weight is 543 g/mol. The van der Waals surface area contributed by atoms with Crippen molar-refractivity contribution in [3.8, 4) is 28.4 Å². The summed E-state index contributed by atoms with van der Waals surface area (Å²) in [5, 5.41) is 13.0. The molecule has 2 heterocycles. The highest BCUT2D eigenvalue weighted by Crippen LogP contribution is 2.32. The van der Waals surface area contributed by atoms with Gasteiger partial charge in [-0.1, -0.05) is 118 Å². The smallest absolute Gasteiger partial charge is 0.233 e. The number of halogens is 1. The van der Waals surface area contributed by atoms with Gasteiger partial charge in [-0.3, -0.25) is 4.57 Å². The largest absolute Gasteiger partial charge is 0.480 e. The van der Waals surface area contributed by atoms with Crippen molar-refractivity contribution in [1.82, 2.24) is 29.8 Å². The summed E-state index contributed by atoms with van der Waals surface area (Å²) in [4.78, 5) is 4.54. The Bertz CT molecular complexity index is 1460. The number of aryl methyl sites for hydroxylation is 1. The average Bonchev–Trinajstić information content (AvgIpc) is 3.57. The zero-order chi connectivity index (χ0) is 27.6. The maximum Gasteiger partial charge on any atom is 0.233 e. The normalized spacial score (nSPS) is 10.7. The van der Waals surface area contributed by atoms with Crippen LogP contribution >= 0.6 is 11.6 Å². The summed E-state index contributed by atoms with van der Waals surface area (Å²) in [6, 6.07) is 27.0. The number of benzene rings is 3. The van der Waals surface area contributed by atoms with Crippen molar-refractivity contribution in [2.24, 2.45) is 0 Å². The lowest BCUT2D eigenvalue weighted by Gasteiger charge is -2.13. The van der Waals surface area contributed by atoms with Crippen LogP contribution in [-0.4, -0.2) is 36.9 Å².